The number of carbonyl (C=O) groups is 1. The van der Waals surface area contributed by atoms with E-state index in [-0.39, 0.29) is 12.3 Å². The van der Waals surface area contributed by atoms with Gasteiger partial charge < -0.3 is 14.0 Å². The molecule has 1 aliphatic heterocycles. The van der Waals surface area contributed by atoms with Crippen LogP contribution in [0.25, 0.3) is 11.0 Å². The molecule has 134 valence electrons. The number of rotatable bonds is 5. The lowest BCUT2D eigenvalue weighted by Crippen LogP contribution is -2.19. The summed E-state index contributed by atoms with van der Waals surface area (Å²) in [4.78, 5) is 17.1. The third-order valence-electron chi connectivity index (χ3n) is 4.32. The summed E-state index contributed by atoms with van der Waals surface area (Å²) in [6, 6.07) is 13.5. The zero-order valence-electron chi connectivity index (χ0n) is 14.7. The Morgan fingerprint density at radius 1 is 1.15 bits per heavy atom. The molecule has 6 nitrogen and oxygen atoms in total. The number of benzene rings is 2. The molecule has 0 aliphatic carbocycles. The van der Waals surface area contributed by atoms with Gasteiger partial charge in [0.2, 0.25) is 11.9 Å². The highest BCUT2D eigenvalue weighted by Gasteiger charge is 2.15. The quantitative estimate of drug-likeness (QED) is 0.765. The van der Waals surface area contributed by atoms with Crippen molar-refractivity contribution in [1.29, 1.82) is 0 Å². The number of carbonyl (C=O) groups excluding carboxylic acids is 1. The number of aryl methyl sites for hydroxylation is 1. The van der Waals surface area contributed by atoms with Gasteiger partial charge in [0.15, 0.2) is 11.5 Å². The second kappa shape index (κ2) is 7.07. The summed E-state index contributed by atoms with van der Waals surface area (Å²) in [5, 5.41) is 2.95. The summed E-state index contributed by atoms with van der Waals surface area (Å²) < 4.78 is 13.2. The number of amides is 1. The van der Waals surface area contributed by atoms with Gasteiger partial charge in [-0.15, -0.1) is 0 Å². The maximum atomic E-state index is 12.5. The minimum absolute atomic E-state index is 0.102. The van der Waals surface area contributed by atoms with Crippen molar-refractivity contribution in [3.63, 3.8) is 0 Å². The largest absolute Gasteiger partial charge is 0.486 e. The first-order valence-electron chi connectivity index (χ1n) is 8.88. The summed E-state index contributed by atoms with van der Waals surface area (Å²) in [6.07, 6.45) is 1.22. The highest BCUT2D eigenvalue weighted by atomic mass is 16.6. The Balaban J connectivity index is 1.53. The van der Waals surface area contributed by atoms with E-state index in [0.29, 0.717) is 24.9 Å². The van der Waals surface area contributed by atoms with Crippen LogP contribution in [0.3, 0.4) is 0 Å². The Morgan fingerprint density at radius 2 is 1.96 bits per heavy atom. The first kappa shape index (κ1) is 16.4. The third-order valence-corrected chi connectivity index (χ3v) is 4.32. The number of para-hydroxylation sites is 2. The number of nitrogens with one attached hydrogen (secondary N) is 1. The van der Waals surface area contributed by atoms with Crippen LogP contribution >= 0.6 is 0 Å². The van der Waals surface area contributed by atoms with E-state index in [9.17, 15) is 4.79 Å². The first-order valence-corrected chi connectivity index (χ1v) is 8.88. The van der Waals surface area contributed by atoms with Gasteiger partial charge in [-0.2, -0.15) is 0 Å². The van der Waals surface area contributed by atoms with E-state index in [4.69, 9.17) is 9.47 Å². The lowest BCUT2D eigenvalue weighted by Gasteiger charge is -2.18. The molecule has 0 spiro atoms. The van der Waals surface area contributed by atoms with E-state index in [2.05, 4.69) is 21.8 Å². The Hall–Kier alpha value is -3.02. The van der Waals surface area contributed by atoms with Crippen LogP contribution in [0.15, 0.2) is 42.5 Å². The zero-order valence-corrected chi connectivity index (χ0v) is 14.7. The van der Waals surface area contributed by atoms with E-state index in [1.807, 2.05) is 42.5 Å². The molecule has 0 fully saturated rings. The lowest BCUT2D eigenvalue weighted by molar-refractivity contribution is -0.115. The molecule has 0 atom stereocenters. The Bertz CT molecular complexity index is 949. The molecule has 0 bridgehead atoms. The molecule has 1 amide bonds. The van der Waals surface area contributed by atoms with Gasteiger partial charge in [0.05, 0.1) is 17.5 Å². The van der Waals surface area contributed by atoms with Crippen molar-refractivity contribution in [3.05, 3.63) is 48.0 Å². The number of hydrogen-bond acceptors (Lipinski definition) is 4. The second-order valence-corrected chi connectivity index (χ2v) is 6.28. The number of aromatic nitrogens is 2. The minimum atomic E-state index is -0.102. The molecule has 1 aromatic heterocycles. The van der Waals surface area contributed by atoms with Gasteiger partial charge in [-0.05, 0) is 36.2 Å². The molecule has 26 heavy (non-hydrogen) atoms. The highest BCUT2D eigenvalue weighted by molar-refractivity contribution is 5.93. The van der Waals surface area contributed by atoms with Gasteiger partial charge >= 0.3 is 0 Å². The topological polar surface area (TPSA) is 65.4 Å². The van der Waals surface area contributed by atoms with Crippen LogP contribution in [0.1, 0.15) is 18.9 Å². The maximum absolute atomic E-state index is 12.5. The Labute approximate surface area is 151 Å². The second-order valence-electron chi connectivity index (χ2n) is 6.28. The van der Waals surface area contributed by atoms with Gasteiger partial charge in [-0.3, -0.25) is 10.1 Å². The molecule has 0 saturated carbocycles. The monoisotopic (exact) mass is 351 g/mol. The standard InChI is InChI=1S/C20H21N3O3/c1-2-9-23-16-6-4-3-5-15(16)21-20(23)22-19(24)13-14-7-8-17-18(12-14)26-11-10-25-17/h3-8,12H,2,9-11,13H2,1H3,(H,21,22,24). The van der Waals surface area contributed by atoms with E-state index >= 15 is 0 Å². The fourth-order valence-electron chi connectivity index (χ4n) is 3.17. The fraction of sp³-hybridized carbons (Fsp3) is 0.300. The van der Waals surface area contributed by atoms with Gasteiger partial charge in [0, 0.05) is 6.54 Å². The van der Waals surface area contributed by atoms with Crippen LogP contribution in [0.5, 0.6) is 11.5 Å². The zero-order chi connectivity index (χ0) is 17.9. The fourth-order valence-corrected chi connectivity index (χ4v) is 3.17. The number of ether oxygens (including phenoxy) is 2. The van der Waals surface area contributed by atoms with Crippen LogP contribution in [0.4, 0.5) is 5.95 Å². The van der Waals surface area contributed by atoms with E-state index in [1.54, 1.807) is 0 Å². The van der Waals surface area contributed by atoms with E-state index in [0.717, 1.165) is 35.3 Å². The number of fused-ring (bicyclic) bond motifs is 2. The highest BCUT2D eigenvalue weighted by Crippen LogP contribution is 2.31. The summed E-state index contributed by atoms with van der Waals surface area (Å²) in [5.41, 5.74) is 2.80. The maximum Gasteiger partial charge on any atom is 0.231 e. The molecule has 6 heteroatoms. The Kier molecular flexibility index (Phi) is 4.48. The molecule has 3 aromatic rings. The Morgan fingerprint density at radius 3 is 2.81 bits per heavy atom. The first-order chi connectivity index (χ1) is 12.7. The molecule has 4 rings (SSSR count). The number of anilines is 1. The van der Waals surface area contributed by atoms with Gasteiger partial charge in [0.1, 0.15) is 13.2 Å². The lowest BCUT2D eigenvalue weighted by atomic mass is 10.1. The molecular weight excluding hydrogens is 330 g/mol. The third kappa shape index (κ3) is 3.22. The normalized spacial score (nSPS) is 13.0. The van der Waals surface area contributed by atoms with Crippen LogP contribution in [0, 0.1) is 0 Å². The van der Waals surface area contributed by atoms with Gasteiger partial charge in [0.25, 0.3) is 0 Å². The van der Waals surface area contributed by atoms with Gasteiger partial charge in [-0.1, -0.05) is 25.1 Å². The van der Waals surface area contributed by atoms with Crippen molar-refractivity contribution in [2.24, 2.45) is 0 Å². The van der Waals surface area contributed by atoms with Crippen molar-refractivity contribution < 1.29 is 14.3 Å². The molecule has 2 aromatic carbocycles. The van der Waals surface area contributed by atoms with Crippen molar-refractivity contribution in [3.8, 4) is 11.5 Å². The summed E-state index contributed by atoms with van der Waals surface area (Å²) in [5.74, 6) is 1.91. The summed E-state index contributed by atoms with van der Waals surface area (Å²) >= 11 is 0. The van der Waals surface area contributed by atoms with Crippen LogP contribution in [-0.2, 0) is 17.8 Å². The predicted octanol–water partition coefficient (Wildman–Crippen LogP) is 3.40. The average molecular weight is 351 g/mol. The van der Waals surface area contributed by atoms with Crippen molar-refractivity contribution in [1.82, 2.24) is 9.55 Å². The average Bonchev–Trinajstić information content (AvgIpc) is 2.99. The molecule has 1 N–H and O–H groups in total. The van der Waals surface area contributed by atoms with E-state index in [1.165, 1.54) is 0 Å². The molecule has 2 heterocycles. The molecule has 0 unspecified atom stereocenters. The van der Waals surface area contributed by atoms with Crippen LogP contribution in [0.2, 0.25) is 0 Å². The number of hydrogen-bond donors (Lipinski definition) is 1. The molecule has 0 radical (unpaired) electrons. The van der Waals surface area contributed by atoms with E-state index < -0.39 is 0 Å². The minimum Gasteiger partial charge on any atom is -0.486 e. The predicted molar refractivity (Wildman–Crippen MR) is 99.8 cm³/mol. The van der Waals surface area contributed by atoms with Crippen LogP contribution in [-0.4, -0.2) is 28.7 Å². The van der Waals surface area contributed by atoms with Crippen LogP contribution < -0.4 is 14.8 Å². The smallest absolute Gasteiger partial charge is 0.231 e. The number of imidazole rings is 1. The number of nitrogens with zero attached hydrogens (tertiary/aromatic N) is 2. The summed E-state index contributed by atoms with van der Waals surface area (Å²) in [6.45, 7) is 4.00. The summed E-state index contributed by atoms with van der Waals surface area (Å²) in [7, 11) is 0. The SMILES string of the molecule is CCCn1c(NC(=O)Cc2ccc3c(c2)OCCO3)nc2ccccc21. The molecular formula is C20H21N3O3. The molecule has 0 saturated heterocycles. The molecule has 1 aliphatic rings. The van der Waals surface area contributed by atoms with Crippen molar-refractivity contribution in [2.75, 3.05) is 18.5 Å². The van der Waals surface area contributed by atoms with Crippen molar-refractivity contribution in [2.45, 2.75) is 26.3 Å². The van der Waals surface area contributed by atoms with Crippen molar-refractivity contribution >= 4 is 22.9 Å². The van der Waals surface area contributed by atoms with Gasteiger partial charge in [-0.25, -0.2) is 4.98 Å².